The molecule has 2 rings (SSSR count). The molecule has 0 saturated carbocycles. The normalized spacial score (nSPS) is 11.2. The molecule has 1 amide bonds. The first-order chi connectivity index (χ1) is 10.3. The van der Waals surface area contributed by atoms with Crippen molar-refractivity contribution in [3.05, 3.63) is 39.9 Å². The van der Waals surface area contributed by atoms with Crippen LogP contribution in [0.25, 0.3) is 0 Å². The molecule has 0 saturated heterocycles. The van der Waals surface area contributed by atoms with E-state index in [9.17, 15) is 13.2 Å². The summed E-state index contributed by atoms with van der Waals surface area (Å²) in [5.74, 6) is -0.288. The van der Waals surface area contributed by atoms with Crippen molar-refractivity contribution in [2.24, 2.45) is 0 Å². The highest BCUT2D eigenvalue weighted by Gasteiger charge is 2.20. The number of amides is 1. The fourth-order valence-electron chi connectivity index (χ4n) is 1.72. The molecule has 22 heavy (non-hydrogen) atoms. The van der Waals surface area contributed by atoms with Gasteiger partial charge < -0.3 is 5.32 Å². The zero-order valence-corrected chi connectivity index (χ0v) is 14.3. The van der Waals surface area contributed by atoms with E-state index in [1.54, 1.807) is 26.0 Å². The lowest BCUT2D eigenvalue weighted by Gasteiger charge is -2.09. The number of rotatable bonds is 5. The minimum absolute atomic E-state index is 0.0785. The van der Waals surface area contributed by atoms with Gasteiger partial charge in [0.05, 0.1) is 11.1 Å². The number of hydrogen-bond acceptors (Lipinski definition) is 5. The molecule has 0 aliphatic rings. The third kappa shape index (κ3) is 3.57. The van der Waals surface area contributed by atoms with Crippen LogP contribution in [-0.2, 0) is 10.0 Å². The smallest absolute Gasteiger partial charge is 0.263 e. The lowest BCUT2D eigenvalue weighted by Crippen LogP contribution is -2.21. The van der Waals surface area contributed by atoms with E-state index in [4.69, 9.17) is 11.6 Å². The number of benzene rings is 1. The Balaban J connectivity index is 2.26. The summed E-state index contributed by atoms with van der Waals surface area (Å²) in [7, 11) is -3.81. The van der Waals surface area contributed by atoms with E-state index in [-0.39, 0.29) is 15.9 Å². The van der Waals surface area contributed by atoms with Crippen molar-refractivity contribution in [3.8, 4) is 0 Å². The number of hydrogen-bond donors (Lipinski definition) is 2. The SMILES string of the molecule is CCNC(=O)c1cnc(NS(=O)(=O)c2cccc(Cl)c2C)s1. The van der Waals surface area contributed by atoms with Gasteiger partial charge in [0.15, 0.2) is 5.13 Å². The van der Waals surface area contributed by atoms with Crippen molar-refractivity contribution in [2.45, 2.75) is 18.7 Å². The second kappa shape index (κ2) is 6.64. The van der Waals surface area contributed by atoms with Crippen molar-refractivity contribution in [3.63, 3.8) is 0 Å². The fraction of sp³-hybridized carbons (Fsp3) is 0.231. The van der Waals surface area contributed by atoms with E-state index in [1.165, 1.54) is 12.3 Å². The summed E-state index contributed by atoms with van der Waals surface area (Å²) in [4.78, 5) is 16.0. The van der Waals surface area contributed by atoms with Crippen LogP contribution in [0.1, 0.15) is 22.2 Å². The number of nitrogens with zero attached hydrogens (tertiary/aromatic N) is 1. The zero-order chi connectivity index (χ0) is 16.3. The summed E-state index contributed by atoms with van der Waals surface area (Å²) in [6.07, 6.45) is 1.33. The molecule has 0 radical (unpaired) electrons. The van der Waals surface area contributed by atoms with Crippen LogP contribution >= 0.6 is 22.9 Å². The Labute approximate surface area is 137 Å². The highest BCUT2D eigenvalue weighted by atomic mass is 35.5. The maximum absolute atomic E-state index is 12.4. The van der Waals surface area contributed by atoms with E-state index in [0.717, 1.165) is 11.3 Å². The van der Waals surface area contributed by atoms with E-state index < -0.39 is 10.0 Å². The molecule has 2 N–H and O–H groups in total. The molecule has 0 atom stereocenters. The quantitative estimate of drug-likeness (QED) is 0.859. The van der Waals surface area contributed by atoms with Gasteiger partial charge in [-0.3, -0.25) is 9.52 Å². The van der Waals surface area contributed by atoms with E-state index in [0.29, 0.717) is 22.0 Å². The summed E-state index contributed by atoms with van der Waals surface area (Å²) >= 11 is 6.91. The maximum Gasteiger partial charge on any atom is 0.263 e. The molecule has 9 heteroatoms. The molecule has 0 spiro atoms. The van der Waals surface area contributed by atoms with Crippen molar-refractivity contribution < 1.29 is 13.2 Å². The minimum atomic E-state index is -3.81. The predicted molar refractivity (Wildman–Crippen MR) is 87.1 cm³/mol. The Hall–Kier alpha value is -1.64. The van der Waals surface area contributed by atoms with Crippen LogP contribution in [0.3, 0.4) is 0 Å². The van der Waals surface area contributed by atoms with Gasteiger partial charge in [-0.25, -0.2) is 13.4 Å². The van der Waals surface area contributed by atoms with Crippen molar-refractivity contribution in [2.75, 3.05) is 11.3 Å². The van der Waals surface area contributed by atoms with Gasteiger partial charge in [-0.1, -0.05) is 29.0 Å². The molecule has 0 unspecified atom stereocenters. The van der Waals surface area contributed by atoms with E-state index >= 15 is 0 Å². The summed E-state index contributed by atoms with van der Waals surface area (Å²) < 4.78 is 27.1. The number of aromatic nitrogens is 1. The summed E-state index contributed by atoms with van der Waals surface area (Å²) in [6, 6.07) is 4.64. The van der Waals surface area contributed by atoms with Gasteiger partial charge in [-0.2, -0.15) is 0 Å². The largest absolute Gasteiger partial charge is 0.352 e. The number of carbonyl (C=O) groups is 1. The lowest BCUT2D eigenvalue weighted by atomic mass is 10.2. The van der Waals surface area contributed by atoms with Gasteiger partial charge in [0.1, 0.15) is 4.88 Å². The van der Waals surface area contributed by atoms with Crippen LogP contribution in [0, 0.1) is 6.92 Å². The Morgan fingerprint density at radius 2 is 2.14 bits per heavy atom. The second-order valence-corrected chi connectivity index (χ2v) is 7.45. The third-order valence-electron chi connectivity index (χ3n) is 2.80. The number of sulfonamides is 1. The molecule has 0 aliphatic heterocycles. The molecular weight excluding hydrogens is 346 g/mol. The first kappa shape index (κ1) is 16.7. The van der Waals surface area contributed by atoms with Crippen LogP contribution in [0.5, 0.6) is 0 Å². The molecule has 0 bridgehead atoms. The molecule has 1 heterocycles. The van der Waals surface area contributed by atoms with Gasteiger partial charge in [0, 0.05) is 11.6 Å². The number of anilines is 1. The molecule has 6 nitrogen and oxygen atoms in total. The van der Waals surface area contributed by atoms with E-state index in [1.807, 2.05) is 0 Å². The molecule has 0 aliphatic carbocycles. The number of nitrogens with one attached hydrogen (secondary N) is 2. The van der Waals surface area contributed by atoms with Gasteiger partial charge in [0.25, 0.3) is 15.9 Å². The molecule has 0 fully saturated rings. The van der Waals surface area contributed by atoms with Crippen molar-refractivity contribution in [1.29, 1.82) is 0 Å². The Morgan fingerprint density at radius 1 is 1.41 bits per heavy atom. The zero-order valence-electron chi connectivity index (χ0n) is 11.9. The van der Waals surface area contributed by atoms with Crippen LogP contribution in [0.15, 0.2) is 29.3 Å². The van der Waals surface area contributed by atoms with Gasteiger partial charge >= 0.3 is 0 Å². The number of halogens is 1. The average molecular weight is 360 g/mol. The minimum Gasteiger partial charge on any atom is -0.352 e. The second-order valence-electron chi connectivity index (χ2n) is 4.36. The lowest BCUT2D eigenvalue weighted by molar-refractivity contribution is 0.0959. The third-order valence-corrected chi connectivity index (χ3v) is 5.73. The maximum atomic E-state index is 12.4. The molecule has 1 aromatic heterocycles. The van der Waals surface area contributed by atoms with Crippen LogP contribution in [0.4, 0.5) is 5.13 Å². The number of carbonyl (C=O) groups excluding carboxylic acids is 1. The Bertz CT molecular complexity index is 803. The summed E-state index contributed by atoms with van der Waals surface area (Å²) in [6.45, 7) is 3.91. The van der Waals surface area contributed by atoms with Crippen molar-refractivity contribution >= 4 is 44.0 Å². The predicted octanol–water partition coefficient (Wildman–Crippen LogP) is 2.66. The Kier molecular flexibility index (Phi) is 5.05. The number of thiazole rings is 1. The van der Waals surface area contributed by atoms with Crippen LogP contribution in [0.2, 0.25) is 5.02 Å². The Morgan fingerprint density at radius 3 is 2.82 bits per heavy atom. The summed E-state index contributed by atoms with van der Waals surface area (Å²) in [5.41, 5.74) is 0.456. The standard InChI is InChI=1S/C13H14ClN3O3S2/c1-3-15-12(18)10-7-16-13(21-10)17-22(19,20)11-6-4-5-9(14)8(11)2/h4-7H,3H2,1-2H3,(H,15,18)(H,16,17). The topological polar surface area (TPSA) is 88.2 Å². The van der Waals surface area contributed by atoms with Crippen LogP contribution in [-0.4, -0.2) is 25.9 Å². The van der Waals surface area contributed by atoms with Gasteiger partial charge in [-0.15, -0.1) is 0 Å². The van der Waals surface area contributed by atoms with Crippen LogP contribution < -0.4 is 10.0 Å². The van der Waals surface area contributed by atoms with Crippen molar-refractivity contribution in [1.82, 2.24) is 10.3 Å². The summed E-state index contributed by atoms with van der Waals surface area (Å²) in [5, 5.41) is 3.11. The van der Waals surface area contributed by atoms with E-state index in [2.05, 4.69) is 15.0 Å². The first-order valence-electron chi connectivity index (χ1n) is 6.37. The highest BCUT2D eigenvalue weighted by Crippen LogP contribution is 2.26. The molecule has 118 valence electrons. The first-order valence-corrected chi connectivity index (χ1v) is 9.05. The monoisotopic (exact) mass is 359 g/mol. The molecule has 1 aromatic carbocycles. The fourth-order valence-corrected chi connectivity index (χ4v) is 4.20. The molecule has 2 aromatic rings. The molecular formula is C13H14ClN3O3S2. The average Bonchev–Trinajstić information content (AvgIpc) is 2.89. The van der Waals surface area contributed by atoms with Gasteiger partial charge in [-0.05, 0) is 31.5 Å². The highest BCUT2D eigenvalue weighted by molar-refractivity contribution is 7.93. The van der Waals surface area contributed by atoms with Gasteiger partial charge in [0.2, 0.25) is 0 Å².